The van der Waals surface area contributed by atoms with E-state index in [4.69, 9.17) is 0 Å². The first-order valence-electron chi connectivity index (χ1n) is 8.64. The number of thiophene rings is 1. The van der Waals surface area contributed by atoms with E-state index in [-0.39, 0.29) is 5.91 Å². The molecule has 0 saturated heterocycles. The summed E-state index contributed by atoms with van der Waals surface area (Å²) in [5, 5.41) is 13.7. The number of fused-ring (bicyclic) bond motifs is 1. The predicted octanol–water partition coefficient (Wildman–Crippen LogP) is 3.91. The summed E-state index contributed by atoms with van der Waals surface area (Å²) in [7, 11) is 0. The lowest BCUT2D eigenvalue weighted by Gasteiger charge is -2.08. The Labute approximate surface area is 150 Å². The second-order valence-electron chi connectivity index (χ2n) is 6.28. The van der Waals surface area contributed by atoms with Gasteiger partial charge in [-0.1, -0.05) is 12.5 Å². The molecule has 25 heavy (non-hydrogen) atoms. The molecule has 0 fully saturated rings. The van der Waals surface area contributed by atoms with Gasteiger partial charge in [0.15, 0.2) is 5.82 Å². The fourth-order valence-electron chi connectivity index (χ4n) is 3.18. The molecule has 3 heterocycles. The predicted molar refractivity (Wildman–Crippen MR) is 99.7 cm³/mol. The van der Waals surface area contributed by atoms with E-state index in [1.807, 2.05) is 41.8 Å². The molecule has 3 aromatic rings. The number of anilines is 1. The summed E-state index contributed by atoms with van der Waals surface area (Å²) in [6.07, 6.45) is 5.03. The van der Waals surface area contributed by atoms with E-state index in [2.05, 4.69) is 20.1 Å². The van der Waals surface area contributed by atoms with Gasteiger partial charge in [0.1, 0.15) is 5.82 Å². The molecule has 1 N–H and O–H groups in total. The summed E-state index contributed by atoms with van der Waals surface area (Å²) in [6.45, 7) is 0.983. The highest BCUT2D eigenvalue weighted by Gasteiger charge is 2.16. The Balaban J connectivity index is 1.47. The second-order valence-corrected chi connectivity index (χ2v) is 7.32. The summed E-state index contributed by atoms with van der Waals surface area (Å²) in [5.74, 6) is 2.01. The van der Waals surface area contributed by atoms with Crippen LogP contribution in [0.4, 0.5) is 5.69 Å². The van der Waals surface area contributed by atoms with Crippen LogP contribution in [-0.2, 0) is 24.2 Å². The number of carbonyl (C=O) groups excluding carboxylic acids is 1. The van der Waals surface area contributed by atoms with E-state index < -0.39 is 0 Å². The molecule has 4 rings (SSSR count). The van der Waals surface area contributed by atoms with Crippen molar-refractivity contribution in [2.75, 3.05) is 5.32 Å². The van der Waals surface area contributed by atoms with Crippen LogP contribution in [0.15, 0.2) is 41.8 Å². The number of rotatable bonds is 4. The fourth-order valence-corrected chi connectivity index (χ4v) is 3.88. The normalized spacial score (nSPS) is 13.9. The lowest BCUT2D eigenvalue weighted by atomic mass is 10.2. The zero-order chi connectivity index (χ0) is 17.1. The Bertz CT molecular complexity index is 852. The van der Waals surface area contributed by atoms with Crippen molar-refractivity contribution in [3.63, 3.8) is 0 Å². The third kappa shape index (κ3) is 3.64. The monoisotopic (exact) mass is 352 g/mol. The number of hydrogen-bond donors (Lipinski definition) is 1. The van der Waals surface area contributed by atoms with Crippen LogP contribution in [0.5, 0.6) is 0 Å². The van der Waals surface area contributed by atoms with Crippen LogP contribution in [0.3, 0.4) is 0 Å². The van der Waals surface area contributed by atoms with E-state index >= 15 is 0 Å². The van der Waals surface area contributed by atoms with Gasteiger partial charge in [0.2, 0.25) is 5.91 Å². The average molecular weight is 352 g/mol. The first-order valence-corrected chi connectivity index (χ1v) is 9.52. The quantitative estimate of drug-likeness (QED) is 0.774. The van der Waals surface area contributed by atoms with Crippen LogP contribution < -0.4 is 5.32 Å². The lowest BCUT2D eigenvalue weighted by Crippen LogP contribution is -2.13. The molecule has 1 aromatic carbocycles. The molecule has 0 aliphatic carbocycles. The third-order valence-electron chi connectivity index (χ3n) is 4.45. The fraction of sp³-hybridized carbons (Fsp3) is 0.316. The second kappa shape index (κ2) is 7.19. The van der Waals surface area contributed by atoms with Crippen molar-refractivity contribution in [3.05, 3.63) is 52.5 Å². The highest BCUT2D eigenvalue weighted by atomic mass is 32.1. The van der Waals surface area contributed by atoms with Crippen LogP contribution in [-0.4, -0.2) is 20.7 Å². The van der Waals surface area contributed by atoms with Gasteiger partial charge in [-0.2, -0.15) is 0 Å². The first-order chi connectivity index (χ1) is 12.3. The molecule has 5 nitrogen and oxygen atoms in total. The zero-order valence-corrected chi connectivity index (χ0v) is 14.8. The molecule has 128 valence electrons. The smallest absolute Gasteiger partial charge is 0.229 e. The van der Waals surface area contributed by atoms with Crippen LogP contribution in [0.2, 0.25) is 0 Å². The molecule has 0 spiro atoms. The van der Waals surface area contributed by atoms with E-state index in [1.54, 1.807) is 11.3 Å². The molecule has 1 aliphatic rings. The Morgan fingerprint density at radius 2 is 2.00 bits per heavy atom. The molecule has 1 amide bonds. The maximum Gasteiger partial charge on any atom is 0.229 e. The Morgan fingerprint density at radius 1 is 1.12 bits per heavy atom. The standard InChI is InChI=1S/C19H20N4OS/c24-18(13-16-5-4-12-25-16)20-15-9-7-14(8-10-15)19-22-21-17-6-2-1-3-11-23(17)19/h4-5,7-10,12H,1-3,6,11,13H2,(H,20,24). The summed E-state index contributed by atoms with van der Waals surface area (Å²) < 4.78 is 2.23. The van der Waals surface area contributed by atoms with Crippen molar-refractivity contribution < 1.29 is 4.79 Å². The molecule has 0 bridgehead atoms. The highest BCUT2D eigenvalue weighted by molar-refractivity contribution is 7.10. The topological polar surface area (TPSA) is 59.8 Å². The number of aryl methyl sites for hydroxylation is 1. The summed E-state index contributed by atoms with van der Waals surface area (Å²) in [6, 6.07) is 11.8. The van der Waals surface area contributed by atoms with E-state index in [1.165, 1.54) is 19.3 Å². The van der Waals surface area contributed by atoms with Crippen LogP contribution in [0, 0.1) is 0 Å². The molecule has 1 aliphatic heterocycles. The molecular weight excluding hydrogens is 332 g/mol. The third-order valence-corrected chi connectivity index (χ3v) is 5.33. The van der Waals surface area contributed by atoms with Gasteiger partial charge in [0.25, 0.3) is 0 Å². The molecule has 0 atom stereocenters. The number of aromatic nitrogens is 3. The maximum atomic E-state index is 12.1. The van der Waals surface area contributed by atoms with Gasteiger partial charge < -0.3 is 9.88 Å². The largest absolute Gasteiger partial charge is 0.326 e. The van der Waals surface area contributed by atoms with Gasteiger partial charge >= 0.3 is 0 Å². The molecule has 0 saturated carbocycles. The van der Waals surface area contributed by atoms with Crippen LogP contribution >= 0.6 is 11.3 Å². The minimum absolute atomic E-state index is 0.00606. The SMILES string of the molecule is O=C(Cc1cccs1)Nc1ccc(-c2nnc3n2CCCCC3)cc1. The van der Waals surface area contributed by atoms with E-state index in [0.29, 0.717) is 6.42 Å². The molecule has 6 heteroatoms. The first kappa shape index (κ1) is 16.0. The Morgan fingerprint density at radius 3 is 2.80 bits per heavy atom. The Kier molecular flexibility index (Phi) is 4.61. The number of benzene rings is 1. The van der Waals surface area contributed by atoms with Gasteiger partial charge in [-0.25, -0.2) is 0 Å². The summed E-state index contributed by atoms with van der Waals surface area (Å²) in [4.78, 5) is 13.2. The average Bonchev–Trinajstić information content (AvgIpc) is 3.20. The van der Waals surface area contributed by atoms with Gasteiger partial charge in [-0.15, -0.1) is 21.5 Å². The van der Waals surface area contributed by atoms with Crippen molar-refractivity contribution >= 4 is 22.9 Å². The molecular formula is C19H20N4OS. The minimum atomic E-state index is 0.00606. The number of amides is 1. The number of nitrogens with zero attached hydrogens (tertiary/aromatic N) is 3. The summed E-state index contributed by atoms with van der Waals surface area (Å²) in [5.41, 5.74) is 1.85. The van der Waals surface area contributed by atoms with E-state index in [9.17, 15) is 4.79 Å². The zero-order valence-electron chi connectivity index (χ0n) is 13.9. The summed E-state index contributed by atoms with van der Waals surface area (Å²) >= 11 is 1.60. The van der Waals surface area contributed by atoms with E-state index in [0.717, 1.165) is 40.7 Å². The van der Waals surface area contributed by atoms with Gasteiger partial charge in [-0.3, -0.25) is 4.79 Å². The van der Waals surface area contributed by atoms with Crippen molar-refractivity contribution in [1.82, 2.24) is 14.8 Å². The number of carbonyl (C=O) groups is 1. The van der Waals surface area contributed by atoms with Crippen LogP contribution in [0.25, 0.3) is 11.4 Å². The molecule has 0 unspecified atom stereocenters. The number of nitrogens with one attached hydrogen (secondary N) is 1. The minimum Gasteiger partial charge on any atom is -0.326 e. The van der Waals surface area contributed by atoms with Gasteiger partial charge in [0.05, 0.1) is 6.42 Å². The Hall–Kier alpha value is -2.47. The van der Waals surface area contributed by atoms with Crippen LogP contribution in [0.1, 0.15) is 30.0 Å². The van der Waals surface area contributed by atoms with Gasteiger partial charge in [0, 0.05) is 29.1 Å². The van der Waals surface area contributed by atoms with Crippen molar-refractivity contribution in [2.45, 2.75) is 38.6 Å². The van der Waals surface area contributed by atoms with Crippen molar-refractivity contribution in [2.24, 2.45) is 0 Å². The molecule has 0 radical (unpaired) electrons. The van der Waals surface area contributed by atoms with Crippen molar-refractivity contribution in [1.29, 1.82) is 0 Å². The number of hydrogen-bond acceptors (Lipinski definition) is 4. The van der Waals surface area contributed by atoms with Gasteiger partial charge in [-0.05, 0) is 48.6 Å². The van der Waals surface area contributed by atoms with Crippen molar-refractivity contribution in [3.8, 4) is 11.4 Å². The lowest BCUT2D eigenvalue weighted by molar-refractivity contribution is -0.115. The molecule has 2 aromatic heterocycles. The maximum absolute atomic E-state index is 12.1. The highest BCUT2D eigenvalue weighted by Crippen LogP contribution is 2.24.